The molecule has 3 nitrogen and oxygen atoms in total. The zero-order chi connectivity index (χ0) is 15.7. The lowest BCUT2D eigenvalue weighted by molar-refractivity contribution is -0.136. The minimum Gasteiger partial charge on any atom is -0.393 e. The second-order valence-electron chi connectivity index (χ2n) is 8.76. The lowest BCUT2D eigenvalue weighted by atomic mass is 9.47. The highest BCUT2D eigenvalue weighted by molar-refractivity contribution is 5.94. The molecule has 0 aromatic heterocycles. The Morgan fingerprint density at radius 1 is 1.05 bits per heavy atom. The van der Waals surface area contributed by atoms with Gasteiger partial charge in [0.2, 0.25) is 0 Å². The summed E-state index contributed by atoms with van der Waals surface area (Å²) in [6.45, 7) is 4.52. The van der Waals surface area contributed by atoms with Gasteiger partial charge < -0.3 is 10.2 Å². The maximum atomic E-state index is 12.9. The average molecular weight is 304 g/mol. The van der Waals surface area contributed by atoms with E-state index in [-0.39, 0.29) is 34.7 Å². The van der Waals surface area contributed by atoms with Crippen LogP contribution in [-0.4, -0.2) is 28.2 Å². The van der Waals surface area contributed by atoms with Crippen LogP contribution in [0.5, 0.6) is 0 Å². The Bertz CT molecular complexity index is 539. The highest BCUT2D eigenvalue weighted by Crippen LogP contribution is 2.63. The first-order valence-corrected chi connectivity index (χ1v) is 8.97. The van der Waals surface area contributed by atoms with E-state index >= 15 is 0 Å². The topological polar surface area (TPSA) is 57.5 Å². The minimum atomic E-state index is -0.272. The first kappa shape index (κ1) is 14.9. The number of fused-ring (bicyclic) bond motifs is 5. The highest BCUT2D eigenvalue weighted by atomic mass is 16.3. The molecule has 22 heavy (non-hydrogen) atoms. The SMILES string of the molecule is C[C@]12CCC(O)CC1=CC(=O)[C@@H]1[C@H]2CC[C@]2(C)C(O)CC[C@@H]12. The fourth-order valence-corrected chi connectivity index (χ4v) is 6.36. The molecule has 4 aliphatic rings. The number of hydrogen-bond acceptors (Lipinski definition) is 3. The molecule has 2 unspecified atom stereocenters. The summed E-state index contributed by atoms with van der Waals surface area (Å²) < 4.78 is 0. The minimum absolute atomic E-state index is 0.0628. The number of aliphatic hydroxyl groups excluding tert-OH is 2. The number of rotatable bonds is 0. The van der Waals surface area contributed by atoms with Gasteiger partial charge in [0.1, 0.15) is 0 Å². The van der Waals surface area contributed by atoms with E-state index < -0.39 is 0 Å². The van der Waals surface area contributed by atoms with Crippen molar-refractivity contribution in [1.29, 1.82) is 0 Å². The largest absolute Gasteiger partial charge is 0.393 e. The molecule has 4 rings (SSSR count). The van der Waals surface area contributed by atoms with E-state index in [4.69, 9.17) is 0 Å². The molecular weight excluding hydrogens is 276 g/mol. The molecule has 0 spiro atoms. The molecule has 3 fully saturated rings. The van der Waals surface area contributed by atoms with Crippen LogP contribution in [0.15, 0.2) is 11.6 Å². The third-order valence-electron chi connectivity index (χ3n) is 7.87. The van der Waals surface area contributed by atoms with Crippen LogP contribution in [-0.2, 0) is 4.79 Å². The van der Waals surface area contributed by atoms with Gasteiger partial charge in [0.05, 0.1) is 12.2 Å². The van der Waals surface area contributed by atoms with E-state index in [1.165, 1.54) is 5.57 Å². The van der Waals surface area contributed by atoms with Gasteiger partial charge in [0.25, 0.3) is 0 Å². The van der Waals surface area contributed by atoms with Crippen LogP contribution in [0.25, 0.3) is 0 Å². The Hall–Kier alpha value is -0.670. The Morgan fingerprint density at radius 2 is 1.82 bits per heavy atom. The predicted molar refractivity (Wildman–Crippen MR) is 84.1 cm³/mol. The summed E-state index contributed by atoms with van der Waals surface area (Å²) in [5, 5.41) is 20.4. The fourth-order valence-electron chi connectivity index (χ4n) is 6.36. The van der Waals surface area contributed by atoms with E-state index in [1.807, 2.05) is 6.08 Å². The van der Waals surface area contributed by atoms with Crippen LogP contribution in [0.1, 0.15) is 58.8 Å². The van der Waals surface area contributed by atoms with E-state index in [9.17, 15) is 15.0 Å². The van der Waals surface area contributed by atoms with Crippen molar-refractivity contribution in [3.63, 3.8) is 0 Å². The van der Waals surface area contributed by atoms with E-state index in [0.29, 0.717) is 18.3 Å². The van der Waals surface area contributed by atoms with Crippen molar-refractivity contribution in [2.24, 2.45) is 28.6 Å². The summed E-state index contributed by atoms with van der Waals surface area (Å²) in [5.74, 6) is 1.13. The summed E-state index contributed by atoms with van der Waals surface area (Å²) >= 11 is 0. The van der Waals surface area contributed by atoms with Crippen LogP contribution in [0.4, 0.5) is 0 Å². The van der Waals surface area contributed by atoms with Gasteiger partial charge in [0.15, 0.2) is 5.78 Å². The molecule has 0 aliphatic heterocycles. The van der Waals surface area contributed by atoms with Crippen LogP contribution in [0.3, 0.4) is 0 Å². The fraction of sp³-hybridized carbons (Fsp3) is 0.842. The molecule has 0 radical (unpaired) electrons. The van der Waals surface area contributed by atoms with E-state index in [0.717, 1.165) is 38.5 Å². The van der Waals surface area contributed by atoms with Crippen LogP contribution >= 0.6 is 0 Å². The van der Waals surface area contributed by atoms with Gasteiger partial charge in [-0.05, 0) is 73.7 Å². The Morgan fingerprint density at radius 3 is 2.59 bits per heavy atom. The summed E-state index contributed by atoms with van der Waals surface area (Å²) in [4.78, 5) is 12.9. The van der Waals surface area contributed by atoms with Crippen molar-refractivity contribution in [2.75, 3.05) is 0 Å². The van der Waals surface area contributed by atoms with Gasteiger partial charge >= 0.3 is 0 Å². The zero-order valence-corrected chi connectivity index (χ0v) is 13.7. The molecule has 0 aromatic carbocycles. The first-order chi connectivity index (χ1) is 10.4. The second kappa shape index (κ2) is 4.67. The molecule has 3 saturated carbocycles. The lowest BCUT2D eigenvalue weighted by Gasteiger charge is -2.56. The number of aliphatic hydroxyl groups is 2. The van der Waals surface area contributed by atoms with Gasteiger partial charge in [-0.2, -0.15) is 0 Å². The van der Waals surface area contributed by atoms with Crippen molar-refractivity contribution in [3.05, 3.63) is 11.6 Å². The number of ketones is 1. The van der Waals surface area contributed by atoms with Crippen molar-refractivity contribution in [1.82, 2.24) is 0 Å². The second-order valence-corrected chi connectivity index (χ2v) is 8.76. The Kier molecular flexibility index (Phi) is 3.16. The average Bonchev–Trinajstić information content (AvgIpc) is 2.77. The molecule has 0 bridgehead atoms. The molecule has 0 amide bonds. The summed E-state index contributed by atoms with van der Waals surface area (Å²) in [5.41, 5.74) is 1.22. The number of carbonyl (C=O) groups excluding carboxylic acids is 1. The van der Waals surface area contributed by atoms with Crippen molar-refractivity contribution in [2.45, 2.75) is 71.0 Å². The van der Waals surface area contributed by atoms with Gasteiger partial charge in [0, 0.05) is 5.92 Å². The molecular formula is C19H28O3. The van der Waals surface area contributed by atoms with Gasteiger partial charge in [-0.25, -0.2) is 0 Å². The molecule has 2 N–H and O–H groups in total. The molecule has 0 aromatic rings. The van der Waals surface area contributed by atoms with Gasteiger partial charge in [-0.3, -0.25) is 4.79 Å². The number of allylic oxidation sites excluding steroid dienone is 1. The summed E-state index contributed by atoms with van der Waals surface area (Å²) in [7, 11) is 0. The molecule has 122 valence electrons. The van der Waals surface area contributed by atoms with Crippen molar-refractivity contribution in [3.8, 4) is 0 Å². The molecule has 7 atom stereocenters. The maximum absolute atomic E-state index is 12.9. The van der Waals surface area contributed by atoms with Gasteiger partial charge in [-0.15, -0.1) is 0 Å². The molecule has 3 heteroatoms. The zero-order valence-electron chi connectivity index (χ0n) is 13.7. The third kappa shape index (κ3) is 1.78. The standard InChI is InChI=1S/C19H28O3/c1-18-7-5-12(20)9-11(18)10-15(21)17-13-3-4-16(22)19(13,2)8-6-14(17)18/h10,12-14,16-17,20,22H,3-9H2,1-2H3/t12?,13-,14+,16?,17-,18-,19-/m0/s1. The Balaban J connectivity index is 1.75. The molecule has 0 heterocycles. The normalized spacial score (nSPS) is 54.3. The first-order valence-electron chi connectivity index (χ1n) is 8.97. The van der Waals surface area contributed by atoms with Gasteiger partial charge in [-0.1, -0.05) is 19.4 Å². The third-order valence-corrected chi connectivity index (χ3v) is 7.87. The predicted octanol–water partition coefficient (Wildman–Crippen LogP) is 2.85. The summed E-state index contributed by atoms with van der Waals surface area (Å²) in [6.07, 6.45) is 7.83. The van der Waals surface area contributed by atoms with E-state index in [2.05, 4.69) is 13.8 Å². The monoisotopic (exact) mass is 304 g/mol. The Labute approximate surface area is 132 Å². The van der Waals surface area contributed by atoms with Crippen LogP contribution in [0, 0.1) is 28.6 Å². The van der Waals surface area contributed by atoms with Crippen molar-refractivity contribution < 1.29 is 15.0 Å². The van der Waals surface area contributed by atoms with E-state index in [1.54, 1.807) is 0 Å². The maximum Gasteiger partial charge on any atom is 0.159 e. The molecule has 0 saturated heterocycles. The smallest absolute Gasteiger partial charge is 0.159 e. The molecule has 4 aliphatic carbocycles. The van der Waals surface area contributed by atoms with Crippen LogP contribution in [0.2, 0.25) is 0 Å². The number of carbonyl (C=O) groups is 1. The van der Waals surface area contributed by atoms with Crippen LogP contribution < -0.4 is 0 Å². The summed E-state index contributed by atoms with van der Waals surface area (Å²) in [6, 6.07) is 0. The quantitative estimate of drug-likeness (QED) is 0.723. The van der Waals surface area contributed by atoms with Crippen molar-refractivity contribution >= 4 is 5.78 Å². The highest BCUT2D eigenvalue weighted by Gasteiger charge is 2.60. The number of hydrogen-bond donors (Lipinski definition) is 2. The lowest BCUT2D eigenvalue weighted by Crippen LogP contribution is -2.54.